The first-order valence-electron chi connectivity index (χ1n) is 7.30. The molecule has 1 saturated heterocycles. The van der Waals surface area contributed by atoms with Crippen LogP contribution in [-0.4, -0.2) is 40.8 Å². The van der Waals surface area contributed by atoms with Crippen LogP contribution in [0.25, 0.3) is 0 Å². The Balaban J connectivity index is 1.92. The third-order valence-electron chi connectivity index (χ3n) is 3.38. The predicted molar refractivity (Wildman–Crippen MR) is 96.1 cm³/mol. The van der Waals surface area contributed by atoms with Crippen LogP contribution in [0.1, 0.15) is 5.56 Å². The molecule has 0 unspecified atom stereocenters. The first-order chi connectivity index (χ1) is 11.9. The first-order valence-corrected chi connectivity index (χ1v) is 8.67. The van der Waals surface area contributed by atoms with Crippen LogP contribution in [0.5, 0.6) is 0 Å². The van der Waals surface area contributed by atoms with Crippen LogP contribution in [0.15, 0.2) is 30.0 Å². The zero-order chi connectivity index (χ0) is 18.4. The topological polar surface area (TPSA) is 102 Å². The van der Waals surface area contributed by atoms with E-state index in [9.17, 15) is 14.4 Å². The zero-order valence-corrected chi connectivity index (χ0v) is 14.9. The molecule has 1 aliphatic rings. The number of nitrogens with one attached hydrogen (secondary N) is 2. The van der Waals surface area contributed by atoms with Crippen LogP contribution < -0.4 is 10.6 Å². The van der Waals surface area contributed by atoms with Crippen molar-refractivity contribution in [2.45, 2.75) is 6.92 Å². The van der Waals surface area contributed by atoms with Gasteiger partial charge in [-0.25, -0.2) is 0 Å². The van der Waals surface area contributed by atoms with Crippen LogP contribution >= 0.6 is 23.4 Å². The van der Waals surface area contributed by atoms with Crippen molar-refractivity contribution in [1.82, 2.24) is 10.2 Å². The van der Waals surface area contributed by atoms with Gasteiger partial charge in [0.1, 0.15) is 11.6 Å². The number of hydrogen-bond acceptors (Lipinski definition) is 6. The van der Waals surface area contributed by atoms with Gasteiger partial charge in [-0.1, -0.05) is 29.4 Å². The van der Waals surface area contributed by atoms with E-state index in [0.29, 0.717) is 10.7 Å². The van der Waals surface area contributed by atoms with Gasteiger partial charge in [-0.2, -0.15) is 5.26 Å². The van der Waals surface area contributed by atoms with Crippen LogP contribution in [0.2, 0.25) is 5.02 Å². The van der Waals surface area contributed by atoms with Gasteiger partial charge in [0.15, 0.2) is 0 Å². The summed E-state index contributed by atoms with van der Waals surface area (Å²) in [4.78, 5) is 36.2. The molecular formula is C16H15ClN4O3S. The van der Waals surface area contributed by atoms with Crippen molar-refractivity contribution in [3.05, 3.63) is 40.6 Å². The Morgan fingerprint density at radius 2 is 2.24 bits per heavy atom. The third-order valence-corrected chi connectivity index (χ3v) is 4.47. The number of carbonyl (C=O) groups is 3. The van der Waals surface area contributed by atoms with Gasteiger partial charge in [0, 0.05) is 30.0 Å². The molecule has 0 saturated carbocycles. The van der Waals surface area contributed by atoms with E-state index in [4.69, 9.17) is 16.9 Å². The van der Waals surface area contributed by atoms with Crippen molar-refractivity contribution in [3.63, 3.8) is 0 Å². The number of halogens is 1. The summed E-state index contributed by atoms with van der Waals surface area (Å²) in [6.45, 7) is 2.23. The van der Waals surface area contributed by atoms with E-state index < -0.39 is 5.91 Å². The van der Waals surface area contributed by atoms with Gasteiger partial charge < -0.3 is 10.6 Å². The second-order valence-corrected chi connectivity index (χ2v) is 6.50. The summed E-state index contributed by atoms with van der Waals surface area (Å²) in [6.07, 6.45) is 1.26. The molecule has 0 radical (unpaired) electrons. The fraction of sp³-hybridized carbons (Fsp3) is 0.250. The molecule has 7 nitrogen and oxygen atoms in total. The van der Waals surface area contributed by atoms with Crippen LogP contribution in [0.3, 0.4) is 0 Å². The summed E-state index contributed by atoms with van der Waals surface area (Å²) >= 11 is 6.86. The summed E-state index contributed by atoms with van der Waals surface area (Å²) in [7, 11) is 0. The molecule has 1 heterocycles. The summed E-state index contributed by atoms with van der Waals surface area (Å²) in [5.41, 5.74) is 1.20. The van der Waals surface area contributed by atoms with Crippen molar-refractivity contribution >= 4 is 46.1 Å². The minimum atomic E-state index is -0.579. The Labute approximate surface area is 154 Å². The summed E-state index contributed by atoms with van der Waals surface area (Å²) in [6, 6.07) is 6.86. The lowest BCUT2D eigenvalue weighted by Crippen LogP contribution is -2.34. The van der Waals surface area contributed by atoms with E-state index in [0.717, 1.165) is 22.2 Å². The summed E-state index contributed by atoms with van der Waals surface area (Å²) < 4.78 is 0. The maximum atomic E-state index is 12.2. The SMILES string of the molecule is Cc1ccc(Cl)cc1NC(=O)/C(C#N)=C\NCCN1C(=O)CSC1=O. The minimum absolute atomic E-state index is 0.132. The molecule has 0 aliphatic carbocycles. The summed E-state index contributed by atoms with van der Waals surface area (Å²) in [5.74, 6) is -0.667. The van der Waals surface area contributed by atoms with Gasteiger partial charge in [0.2, 0.25) is 5.91 Å². The molecule has 0 atom stereocenters. The summed E-state index contributed by atoms with van der Waals surface area (Å²) in [5, 5.41) is 14.7. The first kappa shape index (κ1) is 18.8. The highest BCUT2D eigenvalue weighted by Crippen LogP contribution is 2.20. The molecule has 1 aromatic rings. The molecule has 2 rings (SSSR count). The highest BCUT2D eigenvalue weighted by Gasteiger charge is 2.28. The Hall–Kier alpha value is -2.50. The smallest absolute Gasteiger partial charge is 0.288 e. The number of aryl methyl sites for hydroxylation is 1. The van der Waals surface area contributed by atoms with Gasteiger partial charge in [-0.3, -0.25) is 19.3 Å². The Bertz CT molecular complexity index is 772. The largest absolute Gasteiger partial charge is 0.388 e. The monoisotopic (exact) mass is 378 g/mol. The molecule has 9 heteroatoms. The lowest BCUT2D eigenvalue weighted by molar-refractivity contribution is -0.124. The van der Waals surface area contributed by atoms with E-state index >= 15 is 0 Å². The van der Waals surface area contributed by atoms with Crippen molar-refractivity contribution < 1.29 is 14.4 Å². The molecule has 0 bridgehead atoms. The maximum Gasteiger partial charge on any atom is 0.288 e. The number of nitriles is 1. The molecular weight excluding hydrogens is 364 g/mol. The number of rotatable bonds is 6. The molecule has 1 aliphatic heterocycles. The Morgan fingerprint density at radius 1 is 1.48 bits per heavy atom. The molecule has 0 aromatic heterocycles. The fourth-order valence-corrected chi connectivity index (χ4v) is 2.94. The zero-order valence-electron chi connectivity index (χ0n) is 13.3. The van der Waals surface area contributed by atoms with E-state index in [-0.39, 0.29) is 35.6 Å². The second kappa shape index (κ2) is 8.55. The molecule has 2 N–H and O–H groups in total. The maximum absolute atomic E-state index is 12.2. The van der Waals surface area contributed by atoms with E-state index in [1.54, 1.807) is 24.3 Å². The lowest BCUT2D eigenvalue weighted by Gasteiger charge is -2.12. The molecule has 1 fully saturated rings. The van der Waals surface area contributed by atoms with Gasteiger partial charge >= 0.3 is 0 Å². The van der Waals surface area contributed by atoms with E-state index in [1.165, 1.54) is 6.20 Å². The number of amides is 3. The van der Waals surface area contributed by atoms with Gasteiger partial charge in [-0.15, -0.1) is 0 Å². The van der Waals surface area contributed by atoms with Crippen LogP contribution in [-0.2, 0) is 9.59 Å². The number of thioether (sulfide) groups is 1. The number of nitrogens with zero attached hydrogens (tertiary/aromatic N) is 2. The quantitative estimate of drug-likeness (QED) is 0.447. The Morgan fingerprint density at radius 3 is 2.88 bits per heavy atom. The molecule has 3 amide bonds. The van der Waals surface area contributed by atoms with Gasteiger partial charge in [-0.05, 0) is 24.6 Å². The average Bonchev–Trinajstić information content (AvgIpc) is 2.89. The number of benzene rings is 1. The number of imide groups is 1. The predicted octanol–water partition coefficient (Wildman–Crippen LogP) is 2.28. The highest BCUT2D eigenvalue weighted by molar-refractivity contribution is 8.14. The minimum Gasteiger partial charge on any atom is -0.388 e. The number of carbonyl (C=O) groups excluding carboxylic acids is 3. The van der Waals surface area contributed by atoms with E-state index in [2.05, 4.69) is 10.6 Å². The van der Waals surface area contributed by atoms with Crippen molar-refractivity contribution in [1.29, 1.82) is 5.26 Å². The number of anilines is 1. The van der Waals surface area contributed by atoms with Crippen molar-refractivity contribution in [2.24, 2.45) is 0 Å². The average molecular weight is 379 g/mol. The van der Waals surface area contributed by atoms with Crippen molar-refractivity contribution in [3.8, 4) is 6.07 Å². The fourth-order valence-electron chi connectivity index (χ4n) is 2.01. The third kappa shape index (κ3) is 4.98. The lowest BCUT2D eigenvalue weighted by atomic mass is 10.2. The second-order valence-electron chi connectivity index (χ2n) is 5.14. The van der Waals surface area contributed by atoms with Gasteiger partial charge in [0.25, 0.3) is 11.1 Å². The van der Waals surface area contributed by atoms with Crippen LogP contribution in [0, 0.1) is 18.3 Å². The Kier molecular flexibility index (Phi) is 6.44. The molecule has 0 spiro atoms. The highest BCUT2D eigenvalue weighted by atomic mass is 35.5. The molecule has 130 valence electrons. The van der Waals surface area contributed by atoms with Gasteiger partial charge in [0.05, 0.1) is 5.75 Å². The normalized spacial score (nSPS) is 14.4. The van der Waals surface area contributed by atoms with Crippen LogP contribution in [0.4, 0.5) is 10.5 Å². The number of hydrogen-bond donors (Lipinski definition) is 2. The standard InChI is InChI=1S/C16H15ClN4O3S/c1-10-2-3-12(17)6-13(10)20-15(23)11(7-18)8-19-4-5-21-14(22)9-25-16(21)24/h2-3,6,8,19H,4-5,9H2,1H3,(H,20,23)/b11-8-. The molecule has 1 aromatic carbocycles. The molecule has 25 heavy (non-hydrogen) atoms. The van der Waals surface area contributed by atoms with E-state index in [1.807, 2.05) is 6.92 Å². The van der Waals surface area contributed by atoms with Crippen molar-refractivity contribution in [2.75, 3.05) is 24.2 Å².